The zero-order valence-electron chi connectivity index (χ0n) is 62.0. The van der Waals surface area contributed by atoms with E-state index in [4.69, 9.17) is 29.9 Å². The van der Waals surface area contributed by atoms with Crippen LogP contribution < -0.4 is 0 Å². The van der Waals surface area contributed by atoms with Crippen molar-refractivity contribution in [2.24, 2.45) is 0 Å². The van der Waals surface area contributed by atoms with E-state index in [1.807, 2.05) is 46.9 Å². The van der Waals surface area contributed by atoms with Gasteiger partial charge in [0.05, 0.1) is 0 Å². The molecule has 0 atom stereocenters. The lowest BCUT2D eigenvalue weighted by molar-refractivity contribution is 1.08. The summed E-state index contributed by atoms with van der Waals surface area (Å²) in [5.74, 6) is 3.73. The number of rotatable bonds is 11. The summed E-state index contributed by atoms with van der Waals surface area (Å²) >= 11 is 7.28. The minimum atomic E-state index is 0.609. The first-order valence-electron chi connectivity index (χ1n) is 38.9. The van der Waals surface area contributed by atoms with E-state index in [1.165, 1.54) is 136 Å². The minimum Gasteiger partial charge on any atom is -0.208 e. The van der Waals surface area contributed by atoms with Crippen LogP contribution in [0.2, 0.25) is 0 Å². The average Bonchev–Trinajstić information content (AvgIpc) is 1.61. The largest absolute Gasteiger partial charge is 0.208 e. The van der Waals surface area contributed by atoms with E-state index in [2.05, 4.69) is 340 Å². The Kier molecular flexibility index (Phi) is 15.4. The fourth-order valence-electron chi connectivity index (χ4n) is 17.7. The third-order valence-electron chi connectivity index (χ3n) is 23.2. The summed E-state index contributed by atoms with van der Waals surface area (Å²) in [5.41, 5.74) is 17.2. The van der Waals surface area contributed by atoms with Gasteiger partial charge < -0.3 is 0 Å². The van der Waals surface area contributed by atoms with E-state index in [9.17, 15) is 0 Å². The Balaban J connectivity index is 0.632. The maximum Gasteiger partial charge on any atom is 0.165 e. The van der Waals surface area contributed by atoms with Gasteiger partial charge in [-0.1, -0.05) is 273 Å². The molecule has 18 aromatic carbocycles. The van der Waals surface area contributed by atoms with Crippen molar-refractivity contribution < 1.29 is 0 Å². The molecule has 538 valence electrons. The van der Waals surface area contributed by atoms with Gasteiger partial charge in [-0.2, -0.15) is 0 Å². The van der Waals surface area contributed by atoms with Crippen LogP contribution in [0.1, 0.15) is 0 Å². The Morgan fingerprint density at radius 1 is 0.147 bits per heavy atom. The quantitative estimate of drug-likeness (QED) is 0.120. The average molecular weight is 1550 g/mol. The van der Waals surface area contributed by atoms with Crippen LogP contribution in [0.3, 0.4) is 0 Å². The molecule has 0 fully saturated rings. The van der Waals surface area contributed by atoms with E-state index in [-0.39, 0.29) is 0 Å². The second-order valence-corrected chi connectivity index (χ2v) is 34.2. The molecule has 0 radical (unpaired) electrons. The van der Waals surface area contributed by atoms with Gasteiger partial charge in [-0.05, 0) is 190 Å². The van der Waals surface area contributed by atoms with Crippen molar-refractivity contribution in [3.8, 4) is 124 Å². The maximum atomic E-state index is 5.50. The van der Waals surface area contributed by atoms with Crippen molar-refractivity contribution in [2.75, 3.05) is 0 Å². The molecule has 24 aromatic rings. The topological polar surface area (TPSA) is 77.3 Å². The molecule has 0 saturated carbocycles. The van der Waals surface area contributed by atoms with Crippen LogP contribution in [-0.4, -0.2) is 29.9 Å². The number of fused-ring (bicyclic) bond motifs is 18. The van der Waals surface area contributed by atoms with E-state index < -0.39 is 0 Å². The molecule has 24 rings (SSSR count). The number of hydrogen-bond acceptors (Lipinski definition) is 10. The van der Waals surface area contributed by atoms with Gasteiger partial charge in [0, 0.05) is 114 Å². The second kappa shape index (κ2) is 26.8. The van der Waals surface area contributed by atoms with Gasteiger partial charge in [0.15, 0.2) is 34.9 Å². The molecular formula is C106H60N6S4. The highest BCUT2D eigenvalue weighted by Crippen LogP contribution is 2.50. The highest BCUT2D eigenvalue weighted by atomic mass is 32.1. The summed E-state index contributed by atoms with van der Waals surface area (Å²) in [4.78, 5) is 32.1. The van der Waals surface area contributed by atoms with Crippen molar-refractivity contribution >= 4 is 169 Å². The first kappa shape index (κ1) is 66.5. The molecule has 0 aliphatic carbocycles. The molecule has 6 aromatic heterocycles. The van der Waals surface area contributed by atoms with Crippen molar-refractivity contribution in [1.82, 2.24) is 29.9 Å². The summed E-state index contributed by atoms with van der Waals surface area (Å²) in [6.45, 7) is 0. The molecule has 0 bridgehead atoms. The molecule has 116 heavy (non-hydrogen) atoms. The molecule has 6 nitrogen and oxygen atoms in total. The second-order valence-electron chi connectivity index (χ2n) is 29.9. The SMILES string of the molecule is c1ccc(-c2nc(-c3cccc(-c4cccc5sc6ccc(-c7cc8ccccc8c8ccccc78)cc6c45)c3)nc(-c3cccc4c3sc3ccc(-c5cc(-c6ccc(-c7nc(-c8ccccc8)nc(-c8cccc9sc%10ccccc%10c89)n7)cc6)c6c(c5)sc5ccc(-c7cc8ccccc8c8ccccc78)cc56)cc34)n2)cc1. The molecule has 0 saturated heterocycles. The molecule has 0 amide bonds. The van der Waals surface area contributed by atoms with E-state index in [1.54, 1.807) is 22.7 Å². The lowest BCUT2D eigenvalue weighted by Crippen LogP contribution is -2.00. The van der Waals surface area contributed by atoms with Crippen molar-refractivity contribution in [3.63, 3.8) is 0 Å². The zero-order chi connectivity index (χ0) is 76.1. The fraction of sp³-hybridized carbons (Fsp3) is 0. The van der Waals surface area contributed by atoms with Crippen molar-refractivity contribution in [1.29, 1.82) is 0 Å². The summed E-state index contributed by atoms with van der Waals surface area (Å²) in [5, 5.41) is 19.6. The van der Waals surface area contributed by atoms with Gasteiger partial charge >= 0.3 is 0 Å². The zero-order valence-corrected chi connectivity index (χ0v) is 65.2. The van der Waals surface area contributed by atoms with E-state index >= 15 is 0 Å². The molecule has 0 unspecified atom stereocenters. The van der Waals surface area contributed by atoms with E-state index in [0.29, 0.717) is 34.9 Å². The Hall–Kier alpha value is -14.1. The molecule has 0 aliphatic rings. The summed E-state index contributed by atoms with van der Waals surface area (Å²) in [7, 11) is 0. The lowest BCUT2D eigenvalue weighted by Gasteiger charge is -2.13. The summed E-state index contributed by atoms with van der Waals surface area (Å²) < 4.78 is 9.66. The number of thiophene rings is 4. The predicted octanol–water partition coefficient (Wildman–Crippen LogP) is 30.5. The van der Waals surface area contributed by atoms with Gasteiger partial charge in [0.2, 0.25) is 0 Å². The monoisotopic (exact) mass is 1540 g/mol. The normalized spacial score (nSPS) is 12.0. The molecule has 6 heterocycles. The number of nitrogens with zero attached hydrogens (tertiary/aromatic N) is 6. The Morgan fingerprint density at radius 3 is 1.15 bits per heavy atom. The fourth-order valence-corrected chi connectivity index (χ4v) is 22.3. The lowest BCUT2D eigenvalue weighted by atomic mass is 9.91. The van der Waals surface area contributed by atoms with Gasteiger partial charge in [-0.25, -0.2) is 29.9 Å². The highest BCUT2D eigenvalue weighted by Gasteiger charge is 2.24. The molecule has 0 N–H and O–H groups in total. The Labute approximate surface area is 681 Å². The highest BCUT2D eigenvalue weighted by molar-refractivity contribution is 7.27. The molecule has 0 spiro atoms. The van der Waals surface area contributed by atoms with Crippen molar-refractivity contribution in [2.45, 2.75) is 0 Å². The third kappa shape index (κ3) is 11.0. The summed E-state index contributed by atoms with van der Waals surface area (Å²) in [6, 6.07) is 132. The first-order valence-corrected chi connectivity index (χ1v) is 42.2. The molecular weight excluding hydrogens is 1490 g/mol. The van der Waals surface area contributed by atoms with Crippen LogP contribution in [0.4, 0.5) is 0 Å². The van der Waals surface area contributed by atoms with Crippen LogP contribution in [-0.2, 0) is 0 Å². The maximum absolute atomic E-state index is 5.50. The number of hydrogen-bond donors (Lipinski definition) is 0. The standard InChI is InChI=1S/C106H60N6S4/c1-3-21-62(22-4-1)101-107-103(110-105(109-101)82-38-20-42-95-98(82)81-35-15-16-40-90(81)113-95)64-45-43-61(44-46-64)86-59-72(60-96-99(86)89-58-70(49-52-93(89)115-96)85-56-68-26-8-10-30-74(68)77-32-12-14-34-79(77)85)65-47-50-91-87(54-65)80-37-18-39-83(100(80)116-91)106-111-102(63-23-5-2-6-24-63)108-104(112-106)71-28-17-27-66(53-71)75-36-19-41-94-97(75)88-57-69(48-51-92(88)114-94)84-55-67-25-7-9-29-73(67)76-31-11-13-33-78(76)84/h1-60H. The van der Waals surface area contributed by atoms with Crippen LogP contribution in [0.5, 0.6) is 0 Å². The number of aromatic nitrogens is 6. The molecule has 0 aliphatic heterocycles. The van der Waals surface area contributed by atoms with Crippen LogP contribution in [0.25, 0.3) is 248 Å². The van der Waals surface area contributed by atoms with Gasteiger partial charge in [0.1, 0.15) is 0 Å². The first-order chi connectivity index (χ1) is 57.4. The van der Waals surface area contributed by atoms with Gasteiger partial charge in [0.25, 0.3) is 0 Å². The Morgan fingerprint density at radius 2 is 0.526 bits per heavy atom. The molecule has 10 heteroatoms. The summed E-state index contributed by atoms with van der Waals surface area (Å²) in [6.07, 6.45) is 0. The smallest absolute Gasteiger partial charge is 0.165 e. The van der Waals surface area contributed by atoms with E-state index in [0.717, 1.165) is 76.7 Å². The minimum absolute atomic E-state index is 0.609. The van der Waals surface area contributed by atoms with Crippen LogP contribution in [0, 0.1) is 0 Å². The van der Waals surface area contributed by atoms with Crippen LogP contribution >= 0.6 is 45.3 Å². The van der Waals surface area contributed by atoms with Gasteiger partial charge in [-0.15, -0.1) is 45.3 Å². The van der Waals surface area contributed by atoms with Crippen molar-refractivity contribution in [3.05, 3.63) is 364 Å². The predicted molar refractivity (Wildman–Crippen MR) is 495 cm³/mol. The van der Waals surface area contributed by atoms with Crippen LogP contribution in [0.15, 0.2) is 364 Å². The number of benzene rings is 18. The third-order valence-corrected chi connectivity index (χ3v) is 27.8. The van der Waals surface area contributed by atoms with Gasteiger partial charge in [-0.3, -0.25) is 0 Å². The Bertz CT molecular complexity index is 8220.